The number of nitrogens with one attached hydrogen (secondary N) is 1. The van der Waals surface area contributed by atoms with Crippen molar-refractivity contribution >= 4 is 11.7 Å². The lowest BCUT2D eigenvalue weighted by molar-refractivity contribution is -0.130. The average molecular weight is 225 g/mol. The molecular formula is C10H12FN3O2. The molecule has 1 aliphatic rings. The first kappa shape index (κ1) is 10.8. The van der Waals surface area contributed by atoms with Crippen LogP contribution in [0.4, 0.5) is 4.39 Å². The minimum atomic E-state index is -0.793. The maximum atomic E-state index is 13.6. The molecular weight excluding hydrogens is 213 g/mol. The van der Waals surface area contributed by atoms with E-state index in [1.807, 2.05) is 0 Å². The van der Waals surface area contributed by atoms with Gasteiger partial charge in [0.25, 0.3) is 0 Å². The summed E-state index contributed by atoms with van der Waals surface area (Å²) in [5.41, 5.74) is 0.320. The molecule has 0 aromatic carbocycles. The summed E-state index contributed by atoms with van der Waals surface area (Å²) in [5, 5.41) is 6.34. The third-order valence-corrected chi connectivity index (χ3v) is 2.91. The molecule has 2 atom stereocenters. The quantitative estimate of drug-likeness (QED) is 0.719. The summed E-state index contributed by atoms with van der Waals surface area (Å²) >= 11 is 0. The lowest BCUT2D eigenvalue weighted by atomic mass is 9.87. The van der Waals surface area contributed by atoms with Crippen molar-refractivity contribution in [1.29, 1.82) is 0 Å². The summed E-state index contributed by atoms with van der Waals surface area (Å²) in [6.07, 6.45) is 1.37. The van der Waals surface area contributed by atoms with E-state index in [1.54, 1.807) is 0 Å². The second kappa shape index (κ2) is 3.70. The van der Waals surface area contributed by atoms with E-state index in [1.165, 1.54) is 20.2 Å². The lowest BCUT2D eigenvalue weighted by Crippen LogP contribution is -2.25. The number of ketones is 1. The number of nitrogens with zero attached hydrogens (tertiary/aromatic N) is 2. The van der Waals surface area contributed by atoms with Crippen LogP contribution in [0, 0.1) is 11.9 Å². The van der Waals surface area contributed by atoms with E-state index >= 15 is 0 Å². The molecule has 1 saturated heterocycles. The fourth-order valence-electron chi connectivity index (χ4n) is 2.07. The second-order valence-electron chi connectivity index (χ2n) is 3.95. The molecule has 5 nitrogen and oxygen atoms in total. The number of carbonyl (C=O) groups is 2. The number of carbonyl (C=O) groups excluding carboxylic acids is 2. The second-order valence-corrected chi connectivity index (χ2v) is 3.95. The number of amides is 1. The minimum Gasteiger partial charge on any atom is -0.355 e. The maximum Gasteiger partial charge on any atom is 0.231 e. The molecule has 0 spiro atoms. The van der Waals surface area contributed by atoms with E-state index in [-0.39, 0.29) is 18.2 Å². The van der Waals surface area contributed by atoms with E-state index in [4.69, 9.17) is 0 Å². The maximum absolute atomic E-state index is 13.6. The van der Waals surface area contributed by atoms with E-state index in [2.05, 4.69) is 10.4 Å². The van der Waals surface area contributed by atoms with Gasteiger partial charge in [-0.2, -0.15) is 9.49 Å². The molecule has 0 saturated carbocycles. The number of aryl methyl sites for hydroxylation is 1. The van der Waals surface area contributed by atoms with Gasteiger partial charge < -0.3 is 5.32 Å². The molecule has 1 N–H and O–H groups in total. The van der Waals surface area contributed by atoms with Gasteiger partial charge in [0.15, 0.2) is 0 Å². The fraction of sp³-hybridized carbons (Fsp3) is 0.500. The Morgan fingerprint density at radius 3 is 2.88 bits per heavy atom. The molecule has 0 radical (unpaired) electrons. The van der Waals surface area contributed by atoms with Crippen LogP contribution in [0.25, 0.3) is 0 Å². The van der Waals surface area contributed by atoms with Crippen molar-refractivity contribution in [2.45, 2.75) is 12.8 Å². The fourth-order valence-corrected chi connectivity index (χ4v) is 2.07. The molecule has 1 aliphatic heterocycles. The third-order valence-electron chi connectivity index (χ3n) is 2.91. The summed E-state index contributed by atoms with van der Waals surface area (Å²) in [4.78, 5) is 22.8. The molecule has 0 bridgehead atoms. The molecule has 16 heavy (non-hydrogen) atoms. The number of hydrogen-bond acceptors (Lipinski definition) is 3. The zero-order valence-electron chi connectivity index (χ0n) is 9.03. The summed E-state index contributed by atoms with van der Waals surface area (Å²) in [7, 11) is 1.48. The Morgan fingerprint density at radius 2 is 2.38 bits per heavy atom. The Labute approximate surface area is 91.6 Å². The number of rotatable bonds is 2. The predicted molar refractivity (Wildman–Crippen MR) is 53.1 cm³/mol. The standard InChI is InChI=1S/C10H12FN3O2/c1-5(15)8-6(3-12-10(8)16)7-4-13-14(2)9(7)11/h4,6,8H,3H2,1-2H3,(H,12,16)/t6-,8-/m1/s1. The largest absolute Gasteiger partial charge is 0.355 e. The van der Waals surface area contributed by atoms with Crippen LogP contribution < -0.4 is 5.32 Å². The van der Waals surface area contributed by atoms with Gasteiger partial charge in [-0.05, 0) is 6.92 Å². The number of hydrogen-bond donors (Lipinski definition) is 1. The predicted octanol–water partition coefficient (Wildman–Crippen LogP) is -0.0222. The summed E-state index contributed by atoms with van der Waals surface area (Å²) in [6, 6.07) is 0. The Balaban J connectivity index is 2.37. The molecule has 2 heterocycles. The van der Waals surface area contributed by atoms with Crippen molar-refractivity contribution in [3.8, 4) is 0 Å². The zero-order chi connectivity index (χ0) is 11.9. The van der Waals surface area contributed by atoms with Crippen LogP contribution in [-0.4, -0.2) is 28.0 Å². The highest BCUT2D eigenvalue weighted by molar-refractivity contribution is 6.02. The molecule has 0 unspecified atom stereocenters. The van der Waals surface area contributed by atoms with Crippen molar-refractivity contribution in [2.24, 2.45) is 13.0 Å². The highest BCUT2D eigenvalue weighted by Gasteiger charge is 2.40. The lowest BCUT2D eigenvalue weighted by Gasteiger charge is -2.11. The molecule has 6 heteroatoms. The molecule has 1 fully saturated rings. The van der Waals surface area contributed by atoms with Gasteiger partial charge in [-0.3, -0.25) is 9.59 Å². The Morgan fingerprint density at radius 1 is 1.69 bits per heavy atom. The minimum absolute atomic E-state index is 0.247. The third kappa shape index (κ3) is 1.50. The number of Topliss-reactive ketones (excluding diaryl/α,β-unsaturated/α-hetero) is 1. The molecule has 1 aromatic heterocycles. The first-order valence-corrected chi connectivity index (χ1v) is 4.98. The van der Waals surface area contributed by atoms with Crippen molar-refractivity contribution in [3.63, 3.8) is 0 Å². The van der Waals surface area contributed by atoms with Gasteiger partial charge in [-0.15, -0.1) is 0 Å². The van der Waals surface area contributed by atoms with Gasteiger partial charge in [-0.1, -0.05) is 0 Å². The zero-order valence-corrected chi connectivity index (χ0v) is 9.03. The normalized spacial score (nSPS) is 24.6. The highest BCUT2D eigenvalue weighted by Crippen LogP contribution is 2.30. The molecule has 0 aliphatic carbocycles. The smallest absolute Gasteiger partial charge is 0.231 e. The van der Waals surface area contributed by atoms with Crippen molar-refractivity contribution in [2.75, 3.05) is 6.54 Å². The molecule has 86 valence electrons. The highest BCUT2D eigenvalue weighted by atomic mass is 19.1. The number of aromatic nitrogens is 2. The van der Waals surface area contributed by atoms with Crippen LogP contribution in [0.3, 0.4) is 0 Å². The van der Waals surface area contributed by atoms with E-state index in [0.29, 0.717) is 5.56 Å². The van der Waals surface area contributed by atoms with Gasteiger partial charge in [0.05, 0.1) is 6.20 Å². The first-order chi connectivity index (χ1) is 7.52. The van der Waals surface area contributed by atoms with Gasteiger partial charge >= 0.3 is 0 Å². The molecule has 1 amide bonds. The monoisotopic (exact) mass is 225 g/mol. The van der Waals surface area contributed by atoms with Crippen LogP contribution in [0.5, 0.6) is 0 Å². The van der Waals surface area contributed by atoms with Gasteiger partial charge in [-0.25, -0.2) is 4.68 Å². The van der Waals surface area contributed by atoms with Crippen LogP contribution in [0.2, 0.25) is 0 Å². The molecule has 2 rings (SSSR count). The van der Waals surface area contributed by atoms with Crippen molar-refractivity contribution < 1.29 is 14.0 Å². The van der Waals surface area contributed by atoms with Crippen LogP contribution >= 0.6 is 0 Å². The SMILES string of the molecule is CC(=O)[C@H]1C(=O)NC[C@@H]1c1cnn(C)c1F. The van der Waals surface area contributed by atoms with Crippen LogP contribution in [-0.2, 0) is 16.6 Å². The Hall–Kier alpha value is -1.72. The van der Waals surface area contributed by atoms with Crippen LogP contribution in [0.1, 0.15) is 18.4 Å². The van der Waals surface area contributed by atoms with E-state index < -0.39 is 17.8 Å². The van der Waals surface area contributed by atoms with Crippen molar-refractivity contribution in [1.82, 2.24) is 15.1 Å². The first-order valence-electron chi connectivity index (χ1n) is 4.98. The van der Waals surface area contributed by atoms with Gasteiger partial charge in [0.2, 0.25) is 11.9 Å². The number of halogens is 1. The summed E-state index contributed by atoms with van der Waals surface area (Å²) < 4.78 is 14.7. The Kier molecular flexibility index (Phi) is 2.49. The van der Waals surface area contributed by atoms with Crippen LogP contribution in [0.15, 0.2) is 6.20 Å². The topological polar surface area (TPSA) is 64.0 Å². The average Bonchev–Trinajstić information content (AvgIpc) is 2.72. The van der Waals surface area contributed by atoms with Crippen molar-refractivity contribution in [3.05, 3.63) is 17.7 Å². The summed E-state index contributed by atoms with van der Waals surface area (Å²) in [5.74, 6) is -2.31. The molecule has 1 aromatic rings. The van der Waals surface area contributed by atoms with Gasteiger partial charge in [0, 0.05) is 25.1 Å². The summed E-state index contributed by atoms with van der Waals surface area (Å²) in [6.45, 7) is 1.63. The van der Waals surface area contributed by atoms with E-state index in [9.17, 15) is 14.0 Å². The van der Waals surface area contributed by atoms with E-state index in [0.717, 1.165) is 4.68 Å². The van der Waals surface area contributed by atoms with Gasteiger partial charge in [0.1, 0.15) is 11.7 Å². The Bertz CT molecular complexity index is 455.